The molecule has 368 valence electrons. The maximum absolute atomic E-state index is 14.0. The number of rotatable bonds is 17. The molecule has 1 unspecified atom stereocenters. The maximum atomic E-state index is 14.0. The third-order valence-electron chi connectivity index (χ3n) is 12.7. The largest absolute Gasteiger partial charge is 0.593 e. The predicted molar refractivity (Wildman–Crippen MR) is 259 cm³/mol. The summed E-state index contributed by atoms with van der Waals surface area (Å²) >= 11 is -1.62. The van der Waals surface area contributed by atoms with E-state index >= 15 is 0 Å². The van der Waals surface area contributed by atoms with Crippen LogP contribution >= 0.6 is 0 Å². The number of nitrogens with zero attached hydrogens (tertiary/aromatic N) is 4. The number of benzene rings is 4. The molecule has 22 heteroatoms. The lowest BCUT2D eigenvalue weighted by Crippen LogP contribution is -2.32. The number of likely N-dealkylation sites (N-methyl/N-ethyl adjacent to an activating group) is 1. The van der Waals surface area contributed by atoms with Crippen molar-refractivity contribution in [2.24, 2.45) is 0 Å². The maximum Gasteiger partial charge on any atom is 0.333 e. The quantitative estimate of drug-likeness (QED) is 0.0345. The standard InChI is InChI=1S/C47H52N4O14S4/c1-7-49-35-21-19-31-33(14-11-15-37(31)66(55)48(6)25-12-18-43(54)65-51-41(52)23-24-42(51)53)44(35)46(2,3)39(49)16-9-8-10-17-40-47(4,5)45-34-28-30(68(59,60)61)29-38(69(62,63)64)32(34)20-22-36(45)50(40)26-13-27-67(56,57)58/h8-11,14-17,19-22,28-29H,7,12-13,18,23-27H2,1-6H3,(H2-,56,57,58,59,60,61,62,63,64)/p+1. The van der Waals surface area contributed by atoms with E-state index in [-0.39, 0.29) is 56.0 Å². The summed E-state index contributed by atoms with van der Waals surface area (Å²) in [5.74, 6) is -2.40. The zero-order chi connectivity index (χ0) is 50.6. The lowest BCUT2D eigenvalue weighted by molar-refractivity contribution is -0.437. The zero-order valence-corrected chi connectivity index (χ0v) is 42.0. The molecule has 7 rings (SSSR count). The molecule has 1 saturated heterocycles. The highest BCUT2D eigenvalue weighted by Crippen LogP contribution is 2.51. The van der Waals surface area contributed by atoms with E-state index in [1.54, 1.807) is 40.2 Å². The lowest BCUT2D eigenvalue weighted by Gasteiger charge is -2.26. The second kappa shape index (κ2) is 19.1. The average molecular weight is 1030 g/mol. The molecular weight excluding hydrogens is 973 g/mol. The highest BCUT2D eigenvalue weighted by atomic mass is 32.2. The fraction of sp³-hybridized carbons (Fsp3) is 0.362. The first-order chi connectivity index (χ1) is 32.2. The van der Waals surface area contributed by atoms with Crippen LogP contribution in [-0.4, -0.2) is 113 Å². The van der Waals surface area contributed by atoms with Crippen molar-refractivity contribution in [1.82, 2.24) is 9.37 Å². The minimum atomic E-state index is -4.98. The molecule has 3 aliphatic rings. The predicted octanol–water partition coefficient (Wildman–Crippen LogP) is 6.30. The summed E-state index contributed by atoms with van der Waals surface area (Å²) in [7, 11) is -12.6. The number of hydroxylamine groups is 2. The molecule has 0 radical (unpaired) electrons. The highest BCUT2D eigenvalue weighted by molar-refractivity contribution is 7.89. The van der Waals surface area contributed by atoms with Crippen LogP contribution in [-0.2, 0) is 71.8 Å². The monoisotopic (exact) mass is 1030 g/mol. The number of anilines is 1. The zero-order valence-electron chi connectivity index (χ0n) is 38.7. The SMILES string of the molecule is CCN1C(=CC=CC=CC2=[N+](CCCS(=O)(=O)O)c3ccc4c(S(=O)(=O)O)cc(S(=O)(=O)O)cc4c3C2(C)C)C(C)(C)c2c1ccc1c([S+]([O-])N(C)CCCC(=O)ON3C(=O)CCC3=O)cccc21. The summed E-state index contributed by atoms with van der Waals surface area (Å²) in [4.78, 5) is 42.3. The minimum absolute atomic E-state index is 0.00238. The van der Waals surface area contributed by atoms with Crippen molar-refractivity contribution in [2.45, 2.75) is 92.2 Å². The van der Waals surface area contributed by atoms with E-state index < -0.39 is 85.9 Å². The van der Waals surface area contributed by atoms with Crippen LogP contribution < -0.4 is 4.90 Å². The van der Waals surface area contributed by atoms with Crippen molar-refractivity contribution < 1.29 is 67.3 Å². The van der Waals surface area contributed by atoms with Crippen molar-refractivity contribution >= 4 is 98.1 Å². The number of imide groups is 1. The van der Waals surface area contributed by atoms with E-state index in [2.05, 4.69) is 18.7 Å². The molecule has 3 heterocycles. The van der Waals surface area contributed by atoms with Crippen molar-refractivity contribution in [3.05, 3.63) is 102 Å². The molecule has 1 fully saturated rings. The Hall–Kier alpha value is -5.30. The Morgan fingerprint density at radius 2 is 1.52 bits per heavy atom. The molecule has 4 aromatic rings. The van der Waals surface area contributed by atoms with Crippen LogP contribution in [0.15, 0.2) is 105 Å². The molecule has 0 aromatic heterocycles. The molecule has 3 N–H and O–H groups in total. The van der Waals surface area contributed by atoms with Crippen LogP contribution in [0.1, 0.15) is 77.8 Å². The van der Waals surface area contributed by atoms with Gasteiger partial charge in [0.15, 0.2) is 10.6 Å². The summed E-state index contributed by atoms with van der Waals surface area (Å²) in [5.41, 5.74) is 3.03. The minimum Gasteiger partial charge on any atom is -0.593 e. The Morgan fingerprint density at radius 3 is 2.16 bits per heavy atom. The number of fused-ring (bicyclic) bond motifs is 6. The fourth-order valence-electron chi connectivity index (χ4n) is 9.59. The first-order valence-electron chi connectivity index (χ1n) is 21.9. The van der Waals surface area contributed by atoms with Gasteiger partial charge in [0.2, 0.25) is 5.69 Å². The number of hydrogen-bond donors (Lipinski definition) is 3. The van der Waals surface area contributed by atoms with Crippen LogP contribution in [0.2, 0.25) is 0 Å². The first-order valence-corrected chi connectivity index (χ1v) is 27.5. The Kier molecular flexibility index (Phi) is 14.3. The second-order valence-corrected chi connectivity index (χ2v) is 23.9. The number of carbonyl (C=O) groups is 3. The molecule has 0 bridgehead atoms. The van der Waals surface area contributed by atoms with Gasteiger partial charge in [-0.2, -0.15) is 29.8 Å². The summed E-state index contributed by atoms with van der Waals surface area (Å²) in [6.45, 7) is 10.9. The Labute approximate surface area is 404 Å². The lowest BCUT2D eigenvalue weighted by atomic mass is 9.79. The Balaban J connectivity index is 1.17. The Morgan fingerprint density at radius 1 is 0.841 bits per heavy atom. The third kappa shape index (κ3) is 10.2. The topological polar surface area (TPSA) is 259 Å². The van der Waals surface area contributed by atoms with Crippen LogP contribution in [0.4, 0.5) is 11.4 Å². The molecule has 3 aliphatic heterocycles. The molecule has 2 amide bonds. The number of allylic oxidation sites excluding steroid dienone is 6. The molecule has 0 aliphatic carbocycles. The van der Waals surface area contributed by atoms with Gasteiger partial charge in [-0.25, -0.2) is 4.79 Å². The summed E-state index contributed by atoms with van der Waals surface area (Å²) in [6.07, 6.45) is 9.43. The van der Waals surface area contributed by atoms with Gasteiger partial charge in [-0.05, 0) is 86.0 Å². The van der Waals surface area contributed by atoms with Crippen molar-refractivity contribution in [3.8, 4) is 0 Å². The highest BCUT2D eigenvalue weighted by Gasteiger charge is 2.46. The molecule has 69 heavy (non-hydrogen) atoms. The van der Waals surface area contributed by atoms with E-state index in [0.717, 1.165) is 33.8 Å². The second-order valence-electron chi connectivity index (χ2n) is 18.0. The van der Waals surface area contributed by atoms with Gasteiger partial charge in [0, 0.05) is 91.1 Å². The van der Waals surface area contributed by atoms with Crippen LogP contribution in [0.3, 0.4) is 0 Å². The van der Waals surface area contributed by atoms with Crippen LogP contribution in [0.5, 0.6) is 0 Å². The van der Waals surface area contributed by atoms with Gasteiger partial charge < -0.3 is 14.3 Å². The molecule has 0 spiro atoms. The smallest absolute Gasteiger partial charge is 0.333 e. The molecule has 4 aromatic carbocycles. The van der Waals surface area contributed by atoms with Gasteiger partial charge >= 0.3 is 5.97 Å². The van der Waals surface area contributed by atoms with Crippen LogP contribution in [0, 0.1) is 0 Å². The normalized spacial score (nSPS) is 18.3. The average Bonchev–Trinajstić information content (AvgIpc) is 3.78. The van der Waals surface area contributed by atoms with Crippen molar-refractivity contribution in [3.63, 3.8) is 0 Å². The van der Waals surface area contributed by atoms with Crippen molar-refractivity contribution in [1.29, 1.82) is 0 Å². The van der Waals surface area contributed by atoms with Gasteiger partial charge in [-0.3, -0.25) is 23.2 Å². The summed E-state index contributed by atoms with van der Waals surface area (Å²) in [5, 5.41) is 2.35. The first kappa shape index (κ1) is 51.5. The van der Waals surface area contributed by atoms with Gasteiger partial charge in [-0.1, -0.05) is 44.2 Å². The van der Waals surface area contributed by atoms with Crippen molar-refractivity contribution in [2.75, 3.05) is 37.3 Å². The third-order valence-corrected chi connectivity index (χ3v) is 16.7. The van der Waals surface area contributed by atoms with E-state index in [1.807, 2.05) is 63.3 Å². The van der Waals surface area contributed by atoms with Gasteiger partial charge in [0.05, 0.1) is 27.4 Å². The van der Waals surface area contributed by atoms with Gasteiger partial charge in [-0.15, -0.1) is 9.37 Å². The number of amides is 2. The van der Waals surface area contributed by atoms with E-state index in [0.29, 0.717) is 39.5 Å². The molecular formula is C47H53N4O14S4+. The summed E-state index contributed by atoms with van der Waals surface area (Å²) in [6, 6.07) is 14.4. The summed E-state index contributed by atoms with van der Waals surface area (Å²) < 4.78 is 120. The van der Waals surface area contributed by atoms with E-state index in [1.165, 1.54) is 6.07 Å². The molecule has 1 atom stereocenters. The van der Waals surface area contributed by atoms with E-state index in [4.69, 9.17) is 4.84 Å². The van der Waals surface area contributed by atoms with Crippen LogP contribution in [0.25, 0.3) is 21.5 Å². The Bertz CT molecular complexity index is 3270. The number of carbonyl (C=O) groups excluding carboxylic acids is 3. The molecule has 18 nitrogen and oxygen atoms in total. The van der Waals surface area contributed by atoms with Gasteiger partial charge in [0.1, 0.15) is 11.4 Å². The molecule has 0 saturated carbocycles. The number of hydrogen-bond acceptors (Lipinski definition) is 13. The van der Waals surface area contributed by atoms with Gasteiger partial charge in [0.25, 0.3) is 42.2 Å². The van der Waals surface area contributed by atoms with E-state index in [9.17, 15) is 57.8 Å². The fourth-order valence-corrected chi connectivity index (χ4v) is 12.6.